The molecule has 2 aromatic carbocycles. The summed E-state index contributed by atoms with van der Waals surface area (Å²) in [4.78, 5) is 22.5. The van der Waals surface area contributed by atoms with Gasteiger partial charge in [-0.1, -0.05) is 11.6 Å². The largest absolute Gasteiger partial charge is 0.463 e. The molecule has 0 aliphatic rings. The van der Waals surface area contributed by atoms with Crippen molar-refractivity contribution in [1.82, 2.24) is 0 Å². The summed E-state index contributed by atoms with van der Waals surface area (Å²) in [6.45, 7) is 6.72. The van der Waals surface area contributed by atoms with Crippen LogP contribution < -0.4 is 10.1 Å². The van der Waals surface area contributed by atoms with E-state index in [0.717, 1.165) is 0 Å². The molecule has 0 aromatic heterocycles. The summed E-state index contributed by atoms with van der Waals surface area (Å²) in [5.74, 6) is 0.00434. The maximum Gasteiger partial charge on any atom is 0.307 e. The van der Waals surface area contributed by atoms with Crippen LogP contribution in [-0.4, -0.2) is 37.2 Å². The van der Waals surface area contributed by atoms with E-state index in [-0.39, 0.29) is 51.9 Å². The molecule has 0 aliphatic heterocycles. The van der Waals surface area contributed by atoms with E-state index in [1.807, 2.05) is 0 Å². The Morgan fingerprint density at radius 2 is 1.84 bits per heavy atom. The summed E-state index contributed by atoms with van der Waals surface area (Å²) in [5.41, 5.74) is -0.0426. The number of carbonyl (C=O) groups excluding carboxylic acids is 1. The van der Waals surface area contributed by atoms with Crippen LogP contribution in [-0.2, 0) is 19.4 Å². The lowest BCUT2D eigenvalue weighted by Crippen LogP contribution is -2.15. The number of anilines is 1. The maximum absolute atomic E-state index is 12.3. The Kier molecular flexibility index (Phi) is 8.45. The Morgan fingerprint density at radius 3 is 2.41 bits per heavy atom. The van der Waals surface area contributed by atoms with Gasteiger partial charge in [0.05, 0.1) is 32.6 Å². The van der Waals surface area contributed by atoms with Gasteiger partial charge < -0.3 is 14.8 Å². The molecule has 0 heterocycles. The molecular formula is C21H25ClN2O7S. The van der Waals surface area contributed by atoms with Gasteiger partial charge in [0.2, 0.25) is 0 Å². The summed E-state index contributed by atoms with van der Waals surface area (Å²) in [5, 5.41) is 13.7. The fourth-order valence-corrected chi connectivity index (χ4v) is 4.01. The zero-order valence-electron chi connectivity index (χ0n) is 18.1. The Morgan fingerprint density at radius 1 is 1.16 bits per heavy atom. The molecule has 2 rings (SSSR count). The molecular weight excluding hydrogens is 460 g/mol. The van der Waals surface area contributed by atoms with Gasteiger partial charge in [-0.2, -0.15) is 0 Å². The highest BCUT2D eigenvalue weighted by atomic mass is 35.5. The van der Waals surface area contributed by atoms with Gasteiger partial charge in [0.1, 0.15) is 17.2 Å². The van der Waals surface area contributed by atoms with Gasteiger partial charge in [0.25, 0.3) is 5.69 Å². The third kappa shape index (κ3) is 6.57. The molecule has 32 heavy (non-hydrogen) atoms. The fourth-order valence-electron chi connectivity index (χ4n) is 2.64. The van der Waals surface area contributed by atoms with Crippen molar-refractivity contribution in [3.63, 3.8) is 0 Å². The van der Waals surface area contributed by atoms with E-state index in [9.17, 15) is 23.3 Å². The van der Waals surface area contributed by atoms with Crippen molar-refractivity contribution in [1.29, 1.82) is 0 Å². The molecule has 174 valence electrons. The van der Waals surface area contributed by atoms with Crippen molar-refractivity contribution < 1.29 is 27.6 Å². The number of esters is 1. The minimum atomic E-state index is -3.50. The monoisotopic (exact) mass is 484 g/mol. The van der Waals surface area contributed by atoms with E-state index in [1.165, 1.54) is 36.4 Å². The number of sulfone groups is 1. The minimum Gasteiger partial charge on any atom is -0.463 e. The highest BCUT2D eigenvalue weighted by Crippen LogP contribution is 2.35. The Balaban J connectivity index is 2.21. The number of rotatable bonds is 10. The highest BCUT2D eigenvalue weighted by Gasteiger charge is 2.21. The van der Waals surface area contributed by atoms with E-state index >= 15 is 0 Å². The van der Waals surface area contributed by atoms with Crippen LogP contribution in [0.25, 0.3) is 0 Å². The van der Waals surface area contributed by atoms with Crippen molar-refractivity contribution in [2.24, 2.45) is 0 Å². The molecule has 0 radical (unpaired) electrons. The van der Waals surface area contributed by atoms with Crippen molar-refractivity contribution in [2.75, 3.05) is 11.9 Å². The lowest BCUT2D eigenvalue weighted by molar-refractivity contribution is -0.384. The second-order valence-electron chi connectivity index (χ2n) is 7.44. The molecule has 0 bridgehead atoms. The number of benzene rings is 2. The average molecular weight is 485 g/mol. The van der Waals surface area contributed by atoms with E-state index in [0.29, 0.717) is 0 Å². The van der Waals surface area contributed by atoms with Gasteiger partial charge in [-0.15, -0.1) is 0 Å². The number of nitro benzene ring substituents is 1. The van der Waals surface area contributed by atoms with Crippen LogP contribution in [0.15, 0.2) is 41.3 Å². The first-order valence-electron chi connectivity index (χ1n) is 9.85. The minimum absolute atomic E-state index is 0.0258. The van der Waals surface area contributed by atoms with E-state index in [1.54, 1.807) is 27.7 Å². The summed E-state index contributed by atoms with van der Waals surface area (Å²) in [7, 11) is -3.50. The van der Waals surface area contributed by atoms with Crippen molar-refractivity contribution in [3.05, 3.63) is 51.5 Å². The predicted molar refractivity (Wildman–Crippen MR) is 121 cm³/mol. The van der Waals surface area contributed by atoms with Crippen molar-refractivity contribution in [2.45, 2.75) is 50.4 Å². The molecule has 1 N–H and O–H groups in total. The summed E-state index contributed by atoms with van der Waals surface area (Å²) >= 11 is 6.21. The second kappa shape index (κ2) is 10.6. The van der Waals surface area contributed by atoms with Crippen LogP contribution in [0.2, 0.25) is 5.02 Å². The lowest BCUT2D eigenvalue weighted by atomic mass is 10.2. The molecule has 0 aliphatic carbocycles. The third-order valence-electron chi connectivity index (χ3n) is 4.26. The van der Waals surface area contributed by atoms with E-state index in [2.05, 4.69) is 5.32 Å². The normalized spacial score (nSPS) is 11.5. The topological polar surface area (TPSA) is 125 Å². The molecule has 0 atom stereocenters. The number of halogens is 1. The lowest BCUT2D eigenvalue weighted by Gasteiger charge is -2.13. The number of carbonyl (C=O) groups is 1. The Hall–Kier alpha value is -2.85. The number of nitrogens with zero attached hydrogens (tertiary/aromatic N) is 1. The molecule has 0 saturated heterocycles. The Bertz CT molecular complexity index is 1100. The molecule has 0 saturated carbocycles. The van der Waals surface area contributed by atoms with Crippen LogP contribution in [0.5, 0.6) is 11.5 Å². The fraction of sp³-hybridized carbons (Fsp3) is 0.381. The average Bonchev–Trinajstić information content (AvgIpc) is 2.68. The maximum atomic E-state index is 12.3. The molecule has 0 fully saturated rings. The quantitative estimate of drug-likeness (QED) is 0.284. The van der Waals surface area contributed by atoms with Gasteiger partial charge in [-0.3, -0.25) is 14.9 Å². The first-order valence-corrected chi connectivity index (χ1v) is 11.8. The first-order chi connectivity index (χ1) is 14.9. The van der Waals surface area contributed by atoms with Gasteiger partial charge in [0, 0.05) is 18.7 Å². The van der Waals surface area contributed by atoms with E-state index < -0.39 is 26.0 Å². The number of hydrogen-bond donors (Lipinski definition) is 1. The molecule has 0 unspecified atom stereocenters. The third-order valence-corrected chi connectivity index (χ3v) is 6.70. The van der Waals surface area contributed by atoms with Gasteiger partial charge in [-0.25, -0.2) is 8.42 Å². The number of nitrogens with one attached hydrogen (secondary N) is 1. The van der Waals surface area contributed by atoms with Gasteiger partial charge in [0.15, 0.2) is 9.84 Å². The SMILES string of the molecule is CC(C)OC(=O)CCNc1cc(Oc2ccc(S(=O)(=O)C(C)C)cc2Cl)ccc1[N+](=O)[O-]. The number of hydrogen-bond acceptors (Lipinski definition) is 8. The van der Waals surface area contributed by atoms with Crippen LogP contribution >= 0.6 is 11.6 Å². The van der Waals surface area contributed by atoms with E-state index in [4.69, 9.17) is 21.1 Å². The molecule has 0 spiro atoms. The molecule has 9 nitrogen and oxygen atoms in total. The highest BCUT2D eigenvalue weighted by molar-refractivity contribution is 7.92. The van der Waals surface area contributed by atoms with Gasteiger partial charge in [-0.05, 0) is 52.0 Å². The number of ether oxygens (including phenoxy) is 2. The van der Waals surface area contributed by atoms with Crippen LogP contribution in [0.3, 0.4) is 0 Å². The first kappa shape index (κ1) is 25.4. The van der Waals surface area contributed by atoms with Crippen LogP contribution in [0.1, 0.15) is 34.1 Å². The standard InChI is InChI=1S/C21H25ClN2O7S/c1-13(2)30-21(25)9-10-23-18-11-15(5-7-19(18)24(26)27)31-20-8-6-16(12-17(20)22)32(28,29)14(3)4/h5-8,11-14,23H,9-10H2,1-4H3. The molecule has 2 aromatic rings. The zero-order valence-corrected chi connectivity index (χ0v) is 19.7. The zero-order chi connectivity index (χ0) is 24.1. The Labute approximate surface area is 191 Å². The summed E-state index contributed by atoms with van der Waals surface area (Å²) < 4.78 is 35.4. The number of nitro groups is 1. The van der Waals surface area contributed by atoms with Crippen molar-refractivity contribution >= 4 is 38.8 Å². The summed E-state index contributed by atoms with van der Waals surface area (Å²) in [6, 6.07) is 8.18. The van der Waals surface area contributed by atoms with Crippen LogP contribution in [0, 0.1) is 10.1 Å². The second-order valence-corrected chi connectivity index (χ2v) is 10.4. The smallest absolute Gasteiger partial charge is 0.307 e. The van der Waals surface area contributed by atoms with Crippen molar-refractivity contribution in [3.8, 4) is 11.5 Å². The van der Waals surface area contributed by atoms with Crippen LogP contribution in [0.4, 0.5) is 11.4 Å². The molecule has 0 amide bonds. The predicted octanol–water partition coefficient (Wildman–Crippen LogP) is 4.98. The van der Waals surface area contributed by atoms with Gasteiger partial charge >= 0.3 is 5.97 Å². The molecule has 11 heteroatoms. The summed E-state index contributed by atoms with van der Waals surface area (Å²) in [6.07, 6.45) is -0.224.